The second-order valence-electron chi connectivity index (χ2n) is 4.07. The molecule has 0 heterocycles. The van der Waals surface area contributed by atoms with Gasteiger partial charge in [0.1, 0.15) is 0 Å². The molecule has 1 amide bonds. The number of carboxylic acid groups (broad SMARTS) is 1. The summed E-state index contributed by atoms with van der Waals surface area (Å²) in [6.45, 7) is 1.93. The summed E-state index contributed by atoms with van der Waals surface area (Å²) in [6.07, 6.45) is 3.58. The second-order valence-corrected chi connectivity index (χ2v) is 4.99. The molecule has 19 heavy (non-hydrogen) atoms. The molecule has 0 aliphatic heterocycles. The predicted molar refractivity (Wildman–Crippen MR) is 77.6 cm³/mol. The molecule has 0 radical (unpaired) electrons. The van der Waals surface area contributed by atoms with E-state index in [1.165, 1.54) is 6.08 Å². The summed E-state index contributed by atoms with van der Waals surface area (Å²) in [7, 11) is 0. The zero-order chi connectivity index (χ0) is 14.3. The van der Waals surface area contributed by atoms with Crippen molar-refractivity contribution in [1.82, 2.24) is 5.32 Å². The molecule has 1 aromatic carbocycles. The maximum Gasteiger partial charge on any atom is 0.308 e. The number of amides is 1. The van der Waals surface area contributed by atoms with Gasteiger partial charge in [0.15, 0.2) is 0 Å². The SMILES string of the molecule is CCC(CNC(=O)C=Cc1ccc(Br)cc1)C(=O)O. The van der Waals surface area contributed by atoms with Crippen molar-refractivity contribution < 1.29 is 14.7 Å². The molecule has 1 aromatic rings. The minimum Gasteiger partial charge on any atom is -0.481 e. The van der Waals surface area contributed by atoms with Crippen LogP contribution in [0.15, 0.2) is 34.8 Å². The van der Waals surface area contributed by atoms with E-state index < -0.39 is 11.9 Å². The van der Waals surface area contributed by atoms with Crippen molar-refractivity contribution in [3.63, 3.8) is 0 Å². The highest BCUT2D eigenvalue weighted by Gasteiger charge is 2.14. The Morgan fingerprint density at radius 2 is 2.00 bits per heavy atom. The van der Waals surface area contributed by atoms with E-state index in [-0.39, 0.29) is 12.5 Å². The number of carboxylic acids is 1. The summed E-state index contributed by atoms with van der Waals surface area (Å²) in [5.41, 5.74) is 0.906. The van der Waals surface area contributed by atoms with E-state index in [9.17, 15) is 9.59 Å². The minimum atomic E-state index is -0.889. The third kappa shape index (κ3) is 5.70. The molecule has 0 aliphatic carbocycles. The molecule has 0 saturated heterocycles. The summed E-state index contributed by atoms with van der Waals surface area (Å²) in [5.74, 6) is -1.72. The van der Waals surface area contributed by atoms with E-state index in [0.29, 0.717) is 6.42 Å². The van der Waals surface area contributed by atoms with Gasteiger partial charge in [-0.1, -0.05) is 35.0 Å². The van der Waals surface area contributed by atoms with Gasteiger partial charge in [-0.3, -0.25) is 9.59 Å². The molecule has 4 nitrogen and oxygen atoms in total. The number of benzene rings is 1. The highest BCUT2D eigenvalue weighted by molar-refractivity contribution is 9.10. The number of halogens is 1. The van der Waals surface area contributed by atoms with Crippen molar-refractivity contribution in [2.75, 3.05) is 6.54 Å². The number of hydrogen-bond acceptors (Lipinski definition) is 2. The summed E-state index contributed by atoms with van der Waals surface area (Å²) in [5, 5.41) is 11.4. The fourth-order valence-corrected chi connectivity index (χ4v) is 1.70. The van der Waals surface area contributed by atoms with Crippen LogP contribution in [-0.4, -0.2) is 23.5 Å². The summed E-state index contributed by atoms with van der Waals surface area (Å²) in [6, 6.07) is 7.52. The van der Waals surface area contributed by atoms with E-state index in [2.05, 4.69) is 21.2 Å². The smallest absolute Gasteiger partial charge is 0.308 e. The first kappa shape index (κ1) is 15.4. The van der Waals surface area contributed by atoms with Gasteiger partial charge in [0, 0.05) is 17.1 Å². The van der Waals surface area contributed by atoms with Gasteiger partial charge < -0.3 is 10.4 Å². The molecular weight excluding hydrogens is 310 g/mol. The van der Waals surface area contributed by atoms with Gasteiger partial charge in [-0.15, -0.1) is 0 Å². The Labute approximate surface area is 120 Å². The van der Waals surface area contributed by atoms with E-state index in [1.54, 1.807) is 13.0 Å². The highest BCUT2D eigenvalue weighted by Crippen LogP contribution is 2.11. The Morgan fingerprint density at radius 1 is 1.37 bits per heavy atom. The van der Waals surface area contributed by atoms with Crippen LogP contribution in [0.1, 0.15) is 18.9 Å². The van der Waals surface area contributed by atoms with Crippen molar-refractivity contribution >= 4 is 33.9 Å². The first-order valence-corrected chi connectivity index (χ1v) is 6.76. The van der Waals surface area contributed by atoms with Crippen LogP contribution in [0.25, 0.3) is 6.08 Å². The lowest BCUT2D eigenvalue weighted by Crippen LogP contribution is -2.31. The Balaban J connectivity index is 2.47. The molecule has 1 atom stereocenters. The normalized spacial score (nSPS) is 12.3. The van der Waals surface area contributed by atoms with Crippen molar-refractivity contribution in [3.8, 4) is 0 Å². The Bertz CT molecular complexity index is 468. The van der Waals surface area contributed by atoms with Crippen LogP contribution in [0.2, 0.25) is 0 Å². The van der Waals surface area contributed by atoms with Crippen LogP contribution in [0.3, 0.4) is 0 Å². The molecule has 1 unspecified atom stereocenters. The molecule has 0 fully saturated rings. The van der Waals surface area contributed by atoms with Crippen molar-refractivity contribution in [2.24, 2.45) is 5.92 Å². The van der Waals surface area contributed by atoms with Gasteiger partial charge >= 0.3 is 5.97 Å². The molecule has 5 heteroatoms. The Hall–Kier alpha value is -1.62. The Kier molecular flexibility index (Phi) is 6.29. The van der Waals surface area contributed by atoms with Crippen LogP contribution in [0.4, 0.5) is 0 Å². The van der Waals surface area contributed by atoms with Gasteiger partial charge in [0.2, 0.25) is 5.91 Å². The van der Waals surface area contributed by atoms with Gasteiger partial charge in [0.05, 0.1) is 5.92 Å². The average Bonchev–Trinajstić information content (AvgIpc) is 2.38. The average molecular weight is 326 g/mol. The van der Waals surface area contributed by atoms with E-state index in [1.807, 2.05) is 24.3 Å². The number of rotatable bonds is 6. The topological polar surface area (TPSA) is 66.4 Å². The molecule has 2 N–H and O–H groups in total. The van der Waals surface area contributed by atoms with E-state index in [4.69, 9.17) is 5.11 Å². The molecule has 1 rings (SSSR count). The molecule has 0 aromatic heterocycles. The zero-order valence-electron chi connectivity index (χ0n) is 10.6. The molecule has 0 aliphatic rings. The molecule has 0 bridgehead atoms. The first-order chi connectivity index (χ1) is 9.02. The first-order valence-electron chi connectivity index (χ1n) is 5.97. The fraction of sp³-hybridized carbons (Fsp3) is 0.286. The van der Waals surface area contributed by atoms with E-state index >= 15 is 0 Å². The fourth-order valence-electron chi connectivity index (χ4n) is 1.43. The van der Waals surface area contributed by atoms with Crippen LogP contribution < -0.4 is 5.32 Å². The van der Waals surface area contributed by atoms with E-state index in [0.717, 1.165) is 10.0 Å². The van der Waals surface area contributed by atoms with Gasteiger partial charge in [-0.25, -0.2) is 0 Å². The Morgan fingerprint density at radius 3 is 2.53 bits per heavy atom. The lowest BCUT2D eigenvalue weighted by Gasteiger charge is -2.09. The number of aliphatic carboxylic acids is 1. The minimum absolute atomic E-state index is 0.148. The molecule has 0 saturated carbocycles. The van der Waals surface area contributed by atoms with Crippen molar-refractivity contribution in [2.45, 2.75) is 13.3 Å². The highest BCUT2D eigenvalue weighted by atomic mass is 79.9. The lowest BCUT2D eigenvalue weighted by atomic mass is 10.1. The number of carbonyl (C=O) groups excluding carboxylic acids is 1. The van der Waals surface area contributed by atoms with Crippen LogP contribution in [0.5, 0.6) is 0 Å². The molecule has 102 valence electrons. The standard InChI is InChI=1S/C14H16BrNO3/c1-2-11(14(18)19)9-16-13(17)8-5-10-3-6-12(15)7-4-10/h3-8,11H,2,9H2,1H3,(H,16,17)(H,18,19). The number of carbonyl (C=O) groups is 2. The summed E-state index contributed by atoms with van der Waals surface area (Å²) < 4.78 is 0.973. The maximum atomic E-state index is 11.5. The second kappa shape index (κ2) is 7.74. The lowest BCUT2D eigenvalue weighted by molar-refractivity contribution is -0.141. The van der Waals surface area contributed by atoms with Crippen LogP contribution in [0, 0.1) is 5.92 Å². The number of hydrogen-bond donors (Lipinski definition) is 2. The molecule has 0 spiro atoms. The summed E-state index contributed by atoms with van der Waals surface area (Å²) >= 11 is 3.33. The largest absolute Gasteiger partial charge is 0.481 e. The third-order valence-electron chi connectivity index (χ3n) is 2.66. The van der Waals surface area contributed by atoms with Crippen LogP contribution >= 0.6 is 15.9 Å². The third-order valence-corrected chi connectivity index (χ3v) is 3.19. The summed E-state index contributed by atoms with van der Waals surface area (Å²) in [4.78, 5) is 22.3. The zero-order valence-corrected chi connectivity index (χ0v) is 12.2. The molecular formula is C14H16BrNO3. The van der Waals surface area contributed by atoms with Crippen molar-refractivity contribution in [1.29, 1.82) is 0 Å². The van der Waals surface area contributed by atoms with Gasteiger partial charge in [-0.2, -0.15) is 0 Å². The quantitative estimate of drug-likeness (QED) is 0.790. The van der Waals surface area contributed by atoms with Crippen molar-refractivity contribution in [3.05, 3.63) is 40.4 Å². The van der Waals surface area contributed by atoms with Gasteiger partial charge in [0.25, 0.3) is 0 Å². The predicted octanol–water partition coefficient (Wildman–Crippen LogP) is 2.69. The van der Waals surface area contributed by atoms with Crippen LogP contribution in [-0.2, 0) is 9.59 Å². The van der Waals surface area contributed by atoms with Gasteiger partial charge in [-0.05, 0) is 30.2 Å². The number of nitrogens with one attached hydrogen (secondary N) is 1. The monoisotopic (exact) mass is 325 g/mol. The maximum absolute atomic E-state index is 11.5.